The zero-order chi connectivity index (χ0) is 13.0. The zero-order valence-electron chi connectivity index (χ0n) is 9.52. The van der Waals surface area contributed by atoms with Gasteiger partial charge in [-0.25, -0.2) is 0 Å². The second-order valence-electron chi connectivity index (χ2n) is 3.82. The molecular formula is C15H11I2O. The fourth-order valence-corrected chi connectivity index (χ4v) is 2.98. The van der Waals surface area contributed by atoms with Crippen LogP contribution in [0.3, 0.4) is 0 Å². The molecule has 0 N–H and O–H groups in total. The van der Waals surface area contributed by atoms with E-state index in [-0.39, 0.29) is 9.71 Å². The number of carbonyl (C=O) groups excluding carboxylic acids is 1. The minimum Gasteiger partial charge on any atom is -0.293 e. The highest BCUT2D eigenvalue weighted by atomic mass is 127. The van der Waals surface area contributed by atoms with Gasteiger partial charge in [0.1, 0.15) is 3.92 Å². The van der Waals surface area contributed by atoms with Gasteiger partial charge < -0.3 is 0 Å². The molecule has 2 aromatic carbocycles. The Kier molecular flexibility index (Phi) is 5.17. The maximum absolute atomic E-state index is 12.3. The lowest BCUT2D eigenvalue weighted by atomic mass is 10.0. The van der Waals surface area contributed by atoms with Crippen molar-refractivity contribution < 1.29 is 4.79 Å². The van der Waals surface area contributed by atoms with Crippen LogP contribution in [0.1, 0.15) is 19.8 Å². The van der Waals surface area contributed by atoms with E-state index < -0.39 is 0 Å². The molecule has 0 fully saturated rings. The van der Waals surface area contributed by atoms with Crippen molar-refractivity contribution in [2.24, 2.45) is 0 Å². The molecule has 0 aliphatic rings. The van der Waals surface area contributed by atoms with Gasteiger partial charge in [0, 0.05) is 5.56 Å². The van der Waals surface area contributed by atoms with Gasteiger partial charge >= 0.3 is 0 Å². The molecule has 0 aliphatic carbocycles. The van der Waals surface area contributed by atoms with E-state index in [9.17, 15) is 4.79 Å². The van der Waals surface area contributed by atoms with Crippen LogP contribution in [0.5, 0.6) is 0 Å². The molecule has 2 rings (SSSR count). The third-order valence-corrected chi connectivity index (χ3v) is 6.21. The van der Waals surface area contributed by atoms with E-state index in [2.05, 4.69) is 45.2 Å². The first kappa shape index (κ1) is 14.0. The third kappa shape index (κ3) is 3.32. The Bertz CT molecular complexity index is 511. The molecule has 1 unspecified atom stereocenters. The second kappa shape index (κ2) is 6.65. The Morgan fingerprint density at radius 1 is 0.889 bits per heavy atom. The second-order valence-corrected chi connectivity index (χ2v) is 6.22. The fraction of sp³-hybridized carbons (Fsp3) is 0.0667. The van der Waals surface area contributed by atoms with Crippen molar-refractivity contribution in [3.8, 4) is 0 Å². The van der Waals surface area contributed by atoms with E-state index in [1.807, 2.05) is 60.7 Å². The Morgan fingerprint density at radius 2 is 1.39 bits per heavy atom. The molecule has 18 heavy (non-hydrogen) atoms. The third-order valence-electron chi connectivity index (χ3n) is 2.57. The summed E-state index contributed by atoms with van der Waals surface area (Å²) in [4.78, 5) is 12.3. The molecule has 0 saturated carbocycles. The summed E-state index contributed by atoms with van der Waals surface area (Å²) in [7, 11) is 0. The minimum atomic E-state index is 0.108. The first-order valence-corrected chi connectivity index (χ1v) is 7.83. The van der Waals surface area contributed by atoms with Gasteiger partial charge in [-0.3, -0.25) is 4.79 Å². The summed E-state index contributed by atoms with van der Waals surface area (Å²) in [5.41, 5.74) is 1.91. The minimum absolute atomic E-state index is 0.108. The van der Waals surface area contributed by atoms with Crippen LogP contribution in [0, 0.1) is 3.92 Å². The number of rotatable bonds is 4. The average Bonchev–Trinajstić information content (AvgIpc) is 2.47. The van der Waals surface area contributed by atoms with Crippen LogP contribution in [-0.4, -0.2) is 5.78 Å². The van der Waals surface area contributed by atoms with Crippen LogP contribution in [0.15, 0.2) is 60.7 Å². The number of carbonyl (C=O) groups is 1. The smallest absolute Gasteiger partial charge is 0.182 e. The van der Waals surface area contributed by atoms with E-state index in [0.717, 1.165) is 15.1 Å². The average molecular weight is 461 g/mol. The van der Waals surface area contributed by atoms with Crippen molar-refractivity contribution in [3.05, 3.63) is 75.7 Å². The predicted molar refractivity (Wildman–Crippen MR) is 91.2 cm³/mol. The highest BCUT2D eigenvalue weighted by Crippen LogP contribution is 2.39. The molecule has 0 spiro atoms. The van der Waals surface area contributed by atoms with Gasteiger partial charge in [0.15, 0.2) is 5.78 Å². The van der Waals surface area contributed by atoms with E-state index in [1.165, 1.54) is 0 Å². The molecule has 1 radical (unpaired) electrons. The van der Waals surface area contributed by atoms with Gasteiger partial charge in [-0.2, -0.15) is 0 Å². The summed E-state index contributed by atoms with van der Waals surface area (Å²) < 4.78 is 0.947. The van der Waals surface area contributed by atoms with Crippen molar-refractivity contribution in [1.82, 2.24) is 0 Å². The lowest BCUT2D eigenvalue weighted by Crippen LogP contribution is -2.11. The molecule has 91 valence electrons. The van der Waals surface area contributed by atoms with E-state index in [0.29, 0.717) is 0 Å². The molecule has 0 amide bonds. The summed E-state index contributed by atoms with van der Waals surface area (Å²) in [6.45, 7) is 0. The van der Waals surface area contributed by atoms with Crippen molar-refractivity contribution in [2.75, 3.05) is 0 Å². The van der Waals surface area contributed by atoms with Crippen molar-refractivity contribution >= 4 is 51.0 Å². The molecule has 3 heteroatoms. The SMILES string of the molecule is O=C([C](I)C(I)c1ccccc1)c1ccccc1. The lowest BCUT2D eigenvalue weighted by Gasteiger charge is -2.15. The molecule has 1 atom stereocenters. The fourth-order valence-electron chi connectivity index (χ4n) is 1.61. The highest BCUT2D eigenvalue weighted by Gasteiger charge is 2.26. The summed E-state index contributed by atoms with van der Waals surface area (Å²) in [6, 6.07) is 19.5. The number of hydrogen-bond donors (Lipinski definition) is 0. The van der Waals surface area contributed by atoms with Crippen LogP contribution >= 0.6 is 45.2 Å². The van der Waals surface area contributed by atoms with Gasteiger partial charge in [-0.15, -0.1) is 0 Å². The van der Waals surface area contributed by atoms with Gasteiger partial charge in [0.25, 0.3) is 0 Å². The number of Topliss-reactive ketones (excluding diaryl/α,β-unsaturated/α-hetero) is 1. The lowest BCUT2D eigenvalue weighted by molar-refractivity contribution is 0.102. The molecule has 0 saturated heterocycles. The molecule has 0 aliphatic heterocycles. The number of halogens is 2. The standard InChI is InChI=1S/C15H11I2O/c16-13(11-7-3-1-4-8-11)14(17)15(18)12-9-5-2-6-10-12/h1-10,13H. The summed E-state index contributed by atoms with van der Waals surface area (Å²) >= 11 is 4.47. The van der Waals surface area contributed by atoms with Crippen LogP contribution < -0.4 is 0 Å². The van der Waals surface area contributed by atoms with Crippen LogP contribution in [0.25, 0.3) is 0 Å². The maximum Gasteiger partial charge on any atom is 0.182 e. The normalized spacial score (nSPS) is 12.4. The summed E-state index contributed by atoms with van der Waals surface area (Å²) in [6.07, 6.45) is 0. The Morgan fingerprint density at radius 3 is 1.94 bits per heavy atom. The molecule has 2 aromatic rings. The van der Waals surface area contributed by atoms with Crippen molar-refractivity contribution in [1.29, 1.82) is 0 Å². The zero-order valence-corrected chi connectivity index (χ0v) is 13.8. The van der Waals surface area contributed by atoms with Crippen LogP contribution in [-0.2, 0) is 0 Å². The molecule has 0 bridgehead atoms. The Hall–Kier alpha value is -0.430. The number of ketones is 1. The molecule has 0 aromatic heterocycles. The highest BCUT2D eigenvalue weighted by molar-refractivity contribution is 14.1. The first-order valence-electron chi connectivity index (χ1n) is 5.51. The first-order chi connectivity index (χ1) is 8.70. The monoisotopic (exact) mass is 461 g/mol. The quantitative estimate of drug-likeness (QED) is 0.356. The van der Waals surface area contributed by atoms with Gasteiger partial charge in [-0.1, -0.05) is 106 Å². The summed E-state index contributed by atoms with van der Waals surface area (Å²) in [5.74, 6) is 0.111. The van der Waals surface area contributed by atoms with Crippen LogP contribution in [0.2, 0.25) is 0 Å². The predicted octanol–water partition coefficient (Wildman–Crippen LogP) is 5.01. The van der Waals surface area contributed by atoms with Gasteiger partial charge in [0.2, 0.25) is 0 Å². The summed E-state index contributed by atoms with van der Waals surface area (Å²) in [5, 5.41) is 0. The van der Waals surface area contributed by atoms with Crippen molar-refractivity contribution in [3.63, 3.8) is 0 Å². The number of alkyl halides is 1. The van der Waals surface area contributed by atoms with E-state index in [1.54, 1.807) is 0 Å². The van der Waals surface area contributed by atoms with Crippen molar-refractivity contribution in [2.45, 2.75) is 3.92 Å². The Balaban J connectivity index is 2.17. The van der Waals surface area contributed by atoms with Gasteiger partial charge in [0.05, 0.1) is 3.92 Å². The van der Waals surface area contributed by atoms with E-state index >= 15 is 0 Å². The largest absolute Gasteiger partial charge is 0.293 e. The molecule has 1 nitrogen and oxygen atoms in total. The van der Waals surface area contributed by atoms with Gasteiger partial charge in [-0.05, 0) is 5.56 Å². The maximum atomic E-state index is 12.3. The molecule has 0 heterocycles. The topological polar surface area (TPSA) is 17.1 Å². The Labute approximate surface area is 134 Å². The van der Waals surface area contributed by atoms with Crippen LogP contribution in [0.4, 0.5) is 0 Å². The van der Waals surface area contributed by atoms with E-state index in [4.69, 9.17) is 0 Å². The molecular weight excluding hydrogens is 450 g/mol. The number of hydrogen-bond acceptors (Lipinski definition) is 1. The number of benzene rings is 2.